The van der Waals surface area contributed by atoms with Gasteiger partial charge in [0.15, 0.2) is 5.72 Å². The van der Waals surface area contributed by atoms with E-state index >= 15 is 0 Å². The van der Waals surface area contributed by atoms with Crippen LogP contribution < -0.4 is 10.2 Å². The molecule has 0 radical (unpaired) electrons. The van der Waals surface area contributed by atoms with Gasteiger partial charge in [0.25, 0.3) is 0 Å². The molecule has 0 aliphatic carbocycles. The van der Waals surface area contributed by atoms with Crippen LogP contribution in [0.2, 0.25) is 0 Å². The predicted octanol–water partition coefficient (Wildman–Crippen LogP) is 2.65. The molecule has 1 N–H and O–H groups in total. The Morgan fingerprint density at radius 1 is 1.00 bits per heavy atom. The molecule has 2 saturated heterocycles. The van der Waals surface area contributed by atoms with Gasteiger partial charge in [0.1, 0.15) is 6.04 Å². The van der Waals surface area contributed by atoms with E-state index in [0.717, 1.165) is 11.3 Å². The van der Waals surface area contributed by atoms with Crippen LogP contribution in [0.1, 0.15) is 19.4 Å². The minimum absolute atomic E-state index is 0.0697. The topological polar surface area (TPSA) is 41.6 Å². The molecule has 4 unspecified atom stereocenters. The van der Waals surface area contributed by atoms with Crippen LogP contribution in [0.15, 0.2) is 60.7 Å². The molecule has 4 atom stereocenters. The lowest BCUT2D eigenvalue weighted by Gasteiger charge is -2.45. The van der Waals surface area contributed by atoms with Gasteiger partial charge in [0.2, 0.25) is 5.91 Å². The van der Waals surface area contributed by atoms with E-state index in [4.69, 9.17) is 4.74 Å². The number of hydrogen-bond acceptors (Lipinski definition) is 3. The maximum absolute atomic E-state index is 13.0. The second kappa shape index (κ2) is 5.18. The van der Waals surface area contributed by atoms with E-state index in [1.165, 1.54) is 0 Å². The fraction of sp³-hybridized carbons (Fsp3) is 0.316. The summed E-state index contributed by atoms with van der Waals surface area (Å²) in [6.07, 6.45) is -0.168. The molecule has 2 aliphatic heterocycles. The number of para-hydroxylation sites is 1. The minimum Gasteiger partial charge on any atom is -0.349 e. The number of carbonyl (C=O) groups is 1. The van der Waals surface area contributed by atoms with Gasteiger partial charge in [-0.15, -0.1) is 0 Å². The van der Waals surface area contributed by atoms with Crippen LogP contribution in [0.4, 0.5) is 5.69 Å². The van der Waals surface area contributed by atoms with E-state index in [1.54, 1.807) is 0 Å². The van der Waals surface area contributed by atoms with Gasteiger partial charge in [-0.2, -0.15) is 0 Å². The van der Waals surface area contributed by atoms with Crippen molar-refractivity contribution in [1.82, 2.24) is 5.32 Å². The highest BCUT2D eigenvalue weighted by Gasteiger charge is 2.59. The lowest BCUT2D eigenvalue weighted by Crippen LogP contribution is -2.66. The van der Waals surface area contributed by atoms with Gasteiger partial charge in [0.05, 0.1) is 12.1 Å². The molecule has 4 rings (SSSR count). The fourth-order valence-electron chi connectivity index (χ4n) is 3.77. The summed E-state index contributed by atoms with van der Waals surface area (Å²) in [5.74, 6) is 0.0697. The summed E-state index contributed by atoms with van der Waals surface area (Å²) in [4.78, 5) is 14.8. The number of fused-ring (bicyclic) bond motifs is 2. The van der Waals surface area contributed by atoms with Gasteiger partial charge < -0.3 is 9.64 Å². The SMILES string of the molecule is CC1OC2(c3ccccc3)NC1C(=O)N(c1ccccc1)C2C. The summed E-state index contributed by atoms with van der Waals surface area (Å²) in [5.41, 5.74) is 1.29. The molecule has 1 amide bonds. The van der Waals surface area contributed by atoms with Crippen LogP contribution in [0.5, 0.6) is 0 Å². The van der Waals surface area contributed by atoms with Crippen molar-refractivity contribution in [2.75, 3.05) is 4.90 Å². The average Bonchev–Trinajstić information content (AvgIpc) is 2.92. The molecule has 2 aromatic carbocycles. The van der Waals surface area contributed by atoms with Crippen LogP contribution in [0.3, 0.4) is 0 Å². The summed E-state index contributed by atoms with van der Waals surface area (Å²) < 4.78 is 6.32. The number of piperazine rings is 1. The van der Waals surface area contributed by atoms with Crippen molar-refractivity contribution in [3.63, 3.8) is 0 Å². The van der Waals surface area contributed by atoms with Crippen LogP contribution >= 0.6 is 0 Å². The molecule has 0 spiro atoms. The molecule has 2 aromatic rings. The van der Waals surface area contributed by atoms with Gasteiger partial charge in [0, 0.05) is 11.3 Å². The number of benzene rings is 2. The first-order chi connectivity index (χ1) is 11.1. The second-order valence-corrected chi connectivity index (χ2v) is 6.27. The van der Waals surface area contributed by atoms with Gasteiger partial charge >= 0.3 is 0 Å². The Balaban J connectivity index is 1.84. The smallest absolute Gasteiger partial charge is 0.247 e. The monoisotopic (exact) mass is 308 g/mol. The molecule has 2 fully saturated rings. The van der Waals surface area contributed by atoms with Crippen molar-refractivity contribution in [1.29, 1.82) is 0 Å². The number of rotatable bonds is 2. The fourth-order valence-corrected chi connectivity index (χ4v) is 3.77. The first-order valence-electron chi connectivity index (χ1n) is 8.02. The number of anilines is 1. The third-order valence-corrected chi connectivity index (χ3v) is 4.93. The molecule has 4 heteroatoms. The lowest BCUT2D eigenvalue weighted by molar-refractivity contribution is -0.123. The number of amides is 1. The number of carbonyl (C=O) groups excluding carboxylic acids is 1. The highest BCUT2D eigenvalue weighted by atomic mass is 16.5. The zero-order valence-corrected chi connectivity index (χ0v) is 13.3. The molecule has 23 heavy (non-hydrogen) atoms. The van der Waals surface area contributed by atoms with Gasteiger partial charge in [-0.05, 0) is 26.0 Å². The van der Waals surface area contributed by atoms with Crippen molar-refractivity contribution in [3.8, 4) is 0 Å². The maximum atomic E-state index is 13.0. The highest BCUT2D eigenvalue weighted by molar-refractivity contribution is 6.00. The molecule has 4 nitrogen and oxygen atoms in total. The Morgan fingerprint density at radius 2 is 1.61 bits per heavy atom. The summed E-state index contributed by atoms with van der Waals surface area (Å²) in [6.45, 7) is 4.00. The van der Waals surface area contributed by atoms with E-state index in [9.17, 15) is 4.79 Å². The lowest BCUT2D eigenvalue weighted by atomic mass is 9.91. The third-order valence-electron chi connectivity index (χ3n) is 4.93. The highest BCUT2D eigenvalue weighted by Crippen LogP contribution is 2.42. The number of hydrogen-bond donors (Lipinski definition) is 1. The molecule has 2 aliphatic rings. The second-order valence-electron chi connectivity index (χ2n) is 6.27. The number of nitrogens with zero attached hydrogens (tertiary/aromatic N) is 1. The Kier molecular flexibility index (Phi) is 3.25. The van der Waals surface area contributed by atoms with Gasteiger partial charge in [-0.3, -0.25) is 10.1 Å². The maximum Gasteiger partial charge on any atom is 0.247 e. The molecule has 2 heterocycles. The molecule has 2 bridgehead atoms. The quantitative estimate of drug-likeness (QED) is 0.927. The first-order valence-corrected chi connectivity index (χ1v) is 8.02. The molecular weight excluding hydrogens is 288 g/mol. The van der Waals surface area contributed by atoms with Crippen LogP contribution in [-0.4, -0.2) is 24.1 Å². The van der Waals surface area contributed by atoms with Crippen molar-refractivity contribution < 1.29 is 9.53 Å². The largest absolute Gasteiger partial charge is 0.349 e. The van der Waals surface area contributed by atoms with Crippen LogP contribution in [-0.2, 0) is 15.3 Å². The van der Waals surface area contributed by atoms with E-state index in [2.05, 4.69) is 17.4 Å². The molecule has 118 valence electrons. The van der Waals surface area contributed by atoms with Gasteiger partial charge in [-0.1, -0.05) is 48.5 Å². The number of ether oxygens (including phenoxy) is 1. The Labute approximate surface area is 136 Å². The van der Waals surface area contributed by atoms with E-state index in [0.29, 0.717) is 0 Å². The molecular formula is C19H20N2O2. The van der Waals surface area contributed by atoms with Crippen molar-refractivity contribution in [2.45, 2.75) is 37.8 Å². The summed E-state index contributed by atoms with van der Waals surface area (Å²) >= 11 is 0. The Bertz CT molecular complexity index is 719. The first kappa shape index (κ1) is 14.4. The van der Waals surface area contributed by atoms with Crippen molar-refractivity contribution in [3.05, 3.63) is 66.2 Å². The molecule has 0 saturated carbocycles. The van der Waals surface area contributed by atoms with Gasteiger partial charge in [-0.25, -0.2) is 0 Å². The summed E-state index contributed by atoms with van der Waals surface area (Å²) in [7, 11) is 0. The molecule has 0 aromatic heterocycles. The average molecular weight is 308 g/mol. The van der Waals surface area contributed by atoms with E-state index in [-0.39, 0.29) is 24.1 Å². The normalized spacial score (nSPS) is 33.0. The Hall–Kier alpha value is -2.17. The van der Waals surface area contributed by atoms with E-state index in [1.807, 2.05) is 67.3 Å². The predicted molar refractivity (Wildman–Crippen MR) is 89.0 cm³/mol. The zero-order valence-electron chi connectivity index (χ0n) is 13.3. The third kappa shape index (κ3) is 2.02. The standard InChI is InChI=1S/C19H20N2O2/c1-13-17-18(22)21(16-11-7-4-8-12-16)14(2)19(20-17,23-13)15-9-5-3-6-10-15/h3-14,17,20H,1-2H3. The number of nitrogens with one attached hydrogen (secondary N) is 1. The van der Waals surface area contributed by atoms with Crippen molar-refractivity contribution >= 4 is 11.6 Å². The zero-order chi connectivity index (χ0) is 16.0. The summed E-state index contributed by atoms with van der Waals surface area (Å²) in [6, 6.07) is 19.4. The van der Waals surface area contributed by atoms with Crippen molar-refractivity contribution in [2.24, 2.45) is 0 Å². The van der Waals surface area contributed by atoms with E-state index < -0.39 is 5.72 Å². The van der Waals surface area contributed by atoms with Crippen LogP contribution in [0, 0.1) is 0 Å². The summed E-state index contributed by atoms with van der Waals surface area (Å²) in [5, 5.41) is 3.46. The van der Waals surface area contributed by atoms with Crippen LogP contribution in [0.25, 0.3) is 0 Å². The minimum atomic E-state index is -0.672. The Morgan fingerprint density at radius 3 is 2.26 bits per heavy atom.